The number of benzene rings is 3. The molecule has 4 rings (SSSR count). The quantitative estimate of drug-likeness (QED) is 0.417. The fourth-order valence-corrected chi connectivity index (χ4v) is 3.95. The first-order valence-corrected chi connectivity index (χ1v) is 11.7. The van der Waals surface area contributed by atoms with Crippen molar-refractivity contribution >= 4 is 17.7 Å². The number of para-hydroxylation sites is 1. The number of anilines is 1. The standard InChI is InChI=1S/C30H32N2O2/c1-5-34-29(33)24-16-14-23(15-17-24)28-21-26(31-32(28)27-9-7-6-8-10-27)20-13-22-11-18-25(19-12-22)30(2,3)4/h6-21,28,31H,5H2,1-4H3. The van der Waals surface area contributed by atoms with Gasteiger partial charge in [0.25, 0.3) is 0 Å². The number of nitrogens with one attached hydrogen (secondary N) is 1. The van der Waals surface area contributed by atoms with Crippen LogP contribution >= 0.6 is 0 Å². The van der Waals surface area contributed by atoms with Gasteiger partial charge in [0.15, 0.2) is 0 Å². The summed E-state index contributed by atoms with van der Waals surface area (Å²) in [4.78, 5) is 12.0. The Morgan fingerprint density at radius 3 is 2.24 bits per heavy atom. The second-order valence-corrected chi connectivity index (χ2v) is 9.43. The van der Waals surface area contributed by atoms with Gasteiger partial charge in [0.1, 0.15) is 0 Å². The number of carbonyl (C=O) groups is 1. The van der Waals surface area contributed by atoms with Crippen LogP contribution in [0.25, 0.3) is 6.08 Å². The van der Waals surface area contributed by atoms with E-state index >= 15 is 0 Å². The van der Waals surface area contributed by atoms with Crippen LogP contribution in [0.5, 0.6) is 0 Å². The van der Waals surface area contributed by atoms with Crippen molar-refractivity contribution < 1.29 is 9.53 Å². The maximum absolute atomic E-state index is 12.0. The van der Waals surface area contributed by atoms with Gasteiger partial charge < -0.3 is 4.74 Å². The van der Waals surface area contributed by atoms with E-state index in [1.54, 1.807) is 0 Å². The first-order valence-electron chi connectivity index (χ1n) is 11.7. The molecule has 0 saturated carbocycles. The molecule has 0 fully saturated rings. The molecule has 1 aliphatic rings. The molecule has 1 N–H and O–H groups in total. The van der Waals surface area contributed by atoms with Crippen molar-refractivity contribution in [1.29, 1.82) is 0 Å². The van der Waals surface area contributed by atoms with Crippen LogP contribution < -0.4 is 10.4 Å². The third-order valence-electron chi connectivity index (χ3n) is 5.89. The van der Waals surface area contributed by atoms with E-state index in [1.165, 1.54) is 5.56 Å². The molecular weight excluding hydrogens is 420 g/mol. The maximum atomic E-state index is 12.0. The maximum Gasteiger partial charge on any atom is 0.338 e. The van der Waals surface area contributed by atoms with Gasteiger partial charge in [0.2, 0.25) is 0 Å². The van der Waals surface area contributed by atoms with Crippen LogP contribution in [0.3, 0.4) is 0 Å². The van der Waals surface area contributed by atoms with Gasteiger partial charge in [-0.3, -0.25) is 10.4 Å². The van der Waals surface area contributed by atoms with Gasteiger partial charge >= 0.3 is 5.97 Å². The molecule has 1 unspecified atom stereocenters. The highest BCUT2D eigenvalue weighted by Crippen LogP contribution is 2.32. The summed E-state index contributed by atoms with van der Waals surface area (Å²) in [5.74, 6) is -0.296. The highest BCUT2D eigenvalue weighted by molar-refractivity contribution is 5.89. The van der Waals surface area contributed by atoms with Gasteiger partial charge in [-0.05, 0) is 65.4 Å². The topological polar surface area (TPSA) is 41.6 Å². The Labute approximate surface area is 202 Å². The van der Waals surface area contributed by atoms with E-state index in [1.807, 2.05) is 49.4 Å². The lowest BCUT2D eigenvalue weighted by atomic mass is 9.87. The highest BCUT2D eigenvalue weighted by atomic mass is 16.5. The fraction of sp³-hybridized carbons (Fsp3) is 0.233. The average molecular weight is 453 g/mol. The SMILES string of the molecule is CCOC(=O)c1ccc(C2C=C(C=Cc3ccc(C(C)(C)C)cc3)NN2c2ccccc2)cc1. The normalized spacial score (nSPS) is 15.8. The smallest absolute Gasteiger partial charge is 0.338 e. The average Bonchev–Trinajstić information content (AvgIpc) is 3.28. The molecule has 174 valence electrons. The second-order valence-electron chi connectivity index (χ2n) is 9.43. The molecule has 0 spiro atoms. The fourth-order valence-electron chi connectivity index (χ4n) is 3.95. The molecule has 0 bridgehead atoms. The summed E-state index contributed by atoms with van der Waals surface area (Å²) < 4.78 is 5.12. The molecule has 0 amide bonds. The summed E-state index contributed by atoms with van der Waals surface area (Å²) in [6.07, 6.45) is 6.43. The molecule has 1 aliphatic heterocycles. The first kappa shape index (κ1) is 23.4. The van der Waals surface area contributed by atoms with Crippen molar-refractivity contribution in [3.63, 3.8) is 0 Å². The summed E-state index contributed by atoms with van der Waals surface area (Å²) in [7, 11) is 0. The van der Waals surface area contributed by atoms with Gasteiger partial charge in [0, 0.05) is 0 Å². The van der Waals surface area contributed by atoms with Gasteiger partial charge in [-0.2, -0.15) is 0 Å². The van der Waals surface area contributed by atoms with Gasteiger partial charge in [-0.25, -0.2) is 4.79 Å². The van der Waals surface area contributed by atoms with E-state index in [2.05, 4.69) is 85.8 Å². The largest absolute Gasteiger partial charge is 0.462 e. The van der Waals surface area contributed by atoms with Crippen LogP contribution in [-0.2, 0) is 10.2 Å². The minimum absolute atomic E-state index is 0.0124. The molecule has 34 heavy (non-hydrogen) atoms. The number of hydrazine groups is 1. The van der Waals surface area contributed by atoms with Crippen LogP contribution in [0.1, 0.15) is 60.8 Å². The summed E-state index contributed by atoms with van der Waals surface area (Å²) >= 11 is 0. The van der Waals surface area contributed by atoms with E-state index in [9.17, 15) is 4.79 Å². The molecule has 3 aromatic rings. The van der Waals surface area contributed by atoms with Crippen LogP contribution in [0.4, 0.5) is 5.69 Å². The van der Waals surface area contributed by atoms with Crippen LogP contribution in [0, 0.1) is 0 Å². The number of esters is 1. The van der Waals surface area contributed by atoms with Crippen LogP contribution in [-0.4, -0.2) is 12.6 Å². The Kier molecular flexibility index (Phi) is 6.87. The molecular formula is C30H32N2O2. The lowest BCUT2D eigenvalue weighted by molar-refractivity contribution is 0.0526. The van der Waals surface area contributed by atoms with Gasteiger partial charge in [-0.1, -0.05) is 81.4 Å². The minimum atomic E-state index is -0.296. The van der Waals surface area contributed by atoms with Crippen LogP contribution in [0.15, 0.2) is 96.7 Å². The zero-order valence-electron chi connectivity index (χ0n) is 20.3. The summed E-state index contributed by atoms with van der Waals surface area (Å²) in [6, 6.07) is 26.6. The van der Waals surface area contributed by atoms with Crippen molar-refractivity contribution in [1.82, 2.24) is 5.43 Å². The monoisotopic (exact) mass is 452 g/mol. The Balaban J connectivity index is 1.58. The van der Waals surface area contributed by atoms with Gasteiger partial charge in [-0.15, -0.1) is 0 Å². The molecule has 0 radical (unpaired) electrons. The first-order chi connectivity index (χ1) is 16.3. The van der Waals surface area contributed by atoms with E-state index in [-0.39, 0.29) is 17.4 Å². The van der Waals surface area contributed by atoms with E-state index in [0.29, 0.717) is 12.2 Å². The number of ether oxygens (including phenoxy) is 1. The summed E-state index contributed by atoms with van der Waals surface area (Å²) in [5.41, 5.74) is 9.89. The zero-order valence-corrected chi connectivity index (χ0v) is 20.3. The lowest BCUT2D eigenvalue weighted by Gasteiger charge is -2.27. The Hall–Kier alpha value is -3.79. The van der Waals surface area contributed by atoms with Crippen molar-refractivity contribution in [2.45, 2.75) is 39.2 Å². The number of rotatable bonds is 6. The van der Waals surface area contributed by atoms with Crippen molar-refractivity contribution in [2.75, 3.05) is 11.6 Å². The Bertz CT molecular complexity index is 1170. The number of carbonyl (C=O) groups excluding carboxylic acids is 1. The van der Waals surface area contributed by atoms with Gasteiger partial charge in [0.05, 0.1) is 29.6 Å². The number of nitrogens with zero attached hydrogens (tertiary/aromatic N) is 1. The number of allylic oxidation sites excluding steroid dienone is 1. The molecule has 0 saturated heterocycles. The Morgan fingerprint density at radius 1 is 0.941 bits per heavy atom. The zero-order chi connectivity index (χ0) is 24.1. The summed E-state index contributed by atoms with van der Waals surface area (Å²) in [6.45, 7) is 8.85. The predicted octanol–water partition coefficient (Wildman–Crippen LogP) is 6.82. The third-order valence-corrected chi connectivity index (χ3v) is 5.89. The number of hydrogen-bond acceptors (Lipinski definition) is 4. The Morgan fingerprint density at radius 2 is 1.62 bits per heavy atom. The molecule has 4 heteroatoms. The van der Waals surface area contributed by atoms with E-state index in [4.69, 9.17) is 4.74 Å². The molecule has 0 aliphatic carbocycles. The minimum Gasteiger partial charge on any atom is -0.462 e. The molecule has 1 heterocycles. The van der Waals surface area contributed by atoms with Crippen molar-refractivity contribution in [3.8, 4) is 0 Å². The molecule has 3 aromatic carbocycles. The lowest BCUT2D eigenvalue weighted by Crippen LogP contribution is -2.34. The third kappa shape index (κ3) is 5.40. The van der Waals surface area contributed by atoms with E-state index < -0.39 is 0 Å². The highest BCUT2D eigenvalue weighted by Gasteiger charge is 2.25. The predicted molar refractivity (Wildman–Crippen MR) is 139 cm³/mol. The molecule has 0 aromatic heterocycles. The van der Waals surface area contributed by atoms with E-state index in [0.717, 1.165) is 22.5 Å². The van der Waals surface area contributed by atoms with Crippen LogP contribution in [0.2, 0.25) is 0 Å². The molecule has 1 atom stereocenters. The number of hydrogen-bond donors (Lipinski definition) is 1. The van der Waals surface area contributed by atoms with Crippen molar-refractivity contribution in [2.24, 2.45) is 0 Å². The summed E-state index contributed by atoms with van der Waals surface area (Å²) in [5, 5.41) is 2.14. The molecule has 4 nitrogen and oxygen atoms in total. The van der Waals surface area contributed by atoms with Crippen molar-refractivity contribution in [3.05, 3.63) is 119 Å². The second kappa shape index (κ2) is 10.0.